The van der Waals surface area contributed by atoms with Crippen LogP contribution in [0.3, 0.4) is 0 Å². The maximum atomic E-state index is 13.1. The highest BCUT2D eigenvalue weighted by molar-refractivity contribution is 6.06. The van der Waals surface area contributed by atoms with Crippen LogP contribution in [0.2, 0.25) is 0 Å². The van der Waals surface area contributed by atoms with Crippen molar-refractivity contribution in [1.29, 1.82) is 0 Å². The van der Waals surface area contributed by atoms with Crippen LogP contribution in [0.5, 0.6) is 11.5 Å². The van der Waals surface area contributed by atoms with Gasteiger partial charge in [0.05, 0.1) is 26.2 Å². The molecule has 1 aromatic carbocycles. The monoisotopic (exact) mass is 424 g/mol. The molecule has 7 heteroatoms. The van der Waals surface area contributed by atoms with E-state index in [4.69, 9.17) is 9.47 Å². The Hall–Kier alpha value is -3.09. The van der Waals surface area contributed by atoms with Crippen molar-refractivity contribution in [3.8, 4) is 11.5 Å². The molecule has 0 amide bonds. The van der Waals surface area contributed by atoms with E-state index in [1.165, 1.54) is 0 Å². The molecule has 4 rings (SSSR count). The van der Waals surface area contributed by atoms with E-state index in [9.17, 15) is 19.5 Å². The van der Waals surface area contributed by atoms with Gasteiger partial charge < -0.3 is 24.3 Å². The highest BCUT2D eigenvalue weighted by Gasteiger charge is 2.43. The fourth-order valence-corrected chi connectivity index (χ4v) is 5.01. The number of hydrogen-bond acceptors (Lipinski definition) is 7. The first-order valence-corrected chi connectivity index (χ1v) is 10.8. The predicted molar refractivity (Wildman–Crippen MR) is 110 cm³/mol. The number of nitrogens with zero attached hydrogens (tertiary/aromatic N) is 1. The summed E-state index contributed by atoms with van der Waals surface area (Å²) in [6, 6.07) is 5.48. The highest BCUT2D eigenvalue weighted by Crippen LogP contribution is 2.49. The first kappa shape index (κ1) is 21.2. The number of ketones is 2. The third kappa shape index (κ3) is 3.73. The maximum absolute atomic E-state index is 13.1. The van der Waals surface area contributed by atoms with E-state index in [0.717, 1.165) is 5.56 Å². The van der Waals surface area contributed by atoms with Gasteiger partial charge in [0.25, 0.3) is 0 Å². The molecule has 2 aliphatic carbocycles. The lowest BCUT2D eigenvalue weighted by Gasteiger charge is -2.44. The molecular weight excluding hydrogens is 398 g/mol. The summed E-state index contributed by atoms with van der Waals surface area (Å²) in [4.78, 5) is 39.4. The molecule has 0 spiro atoms. The minimum absolute atomic E-state index is 0.0340. The number of carbonyl (C=O) groups is 3. The molecule has 0 radical (unpaired) electrons. The molecule has 1 aliphatic heterocycles. The van der Waals surface area contributed by atoms with Crippen LogP contribution in [-0.2, 0) is 14.4 Å². The molecule has 0 saturated carbocycles. The second-order valence-electron chi connectivity index (χ2n) is 8.01. The molecule has 31 heavy (non-hydrogen) atoms. The number of aliphatic carboxylic acids is 1. The van der Waals surface area contributed by atoms with Crippen LogP contribution < -0.4 is 14.6 Å². The molecule has 3 aliphatic rings. The van der Waals surface area contributed by atoms with Crippen molar-refractivity contribution in [2.45, 2.75) is 51.4 Å². The van der Waals surface area contributed by atoms with E-state index in [0.29, 0.717) is 79.2 Å². The number of carboxylic acids is 1. The summed E-state index contributed by atoms with van der Waals surface area (Å²) in [6.07, 6.45) is 3.31. The van der Waals surface area contributed by atoms with Gasteiger partial charge in [-0.3, -0.25) is 9.59 Å². The topological polar surface area (TPSA) is 96.0 Å². The van der Waals surface area contributed by atoms with Gasteiger partial charge in [-0.05, 0) is 50.3 Å². The number of carbonyl (C=O) groups excluding carboxylic acids is 3. The van der Waals surface area contributed by atoms with Gasteiger partial charge >= 0.3 is 0 Å². The van der Waals surface area contributed by atoms with E-state index in [1.54, 1.807) is 18.1 Å². The Morgan fingerprint density at radius 2 is 1.65 bits per heavy atom. The van der Waals surface area contributed by atoms with Crippen molar-refractivity contribution in [2.75, 3.05) is 20.3 Å². The summed E-state index contributed by atoms with van der Waals surface area (Å²) in [5, 5.41) is 11.5. The van der Waals surface area contributed by atoms with Crippen LogP contribution >= 0.6 is 0 Å². The highest BCUT2D eigenvalue weighted by atomic mass is 16.5. The third-order valence-corrected chi connectivity index (χ3v) is 6.19. The summed E-state index contributed by atoms with van der Waals surface area (Å²) in [6.45, 7) is 1.97. The van der Waals surface area contributed by atoms with E-state index in [2.05, 4.69) is 0 Å². The minimum atomic E-state index is -1.23. The molecule has 0 saturated heterocycles. The molecule has 1 heterocycles. The zero-order chi connectivity index (χ0) is 22.1. The molecule has 0 unspecified atom stereocenters. The van der Waals surface area contributed by atoms with Crippen molar-refractivity contribution >= 4 is 17.5 Å². The number of carboxylic acid groups (broad SMARTS) is 1. The van der Waals surface area contributed by atoms with E-state index in [-0.39, 0.29) is 18.1 Å². The number of benzene rings is 1. The molecule has 0 atom stereocenters. The first-order chi connectivity index (χ1) is 15.0. The summed E-state index contributed by atoms with van der Waals surface area (Å²) in [5.74, 6) is -0.685. The number of allylic oxidation sites excluding steroid dienone is 4. The lowest BCUT2D eigenvalue weighted by Crippen LogP contribution is -2.44. The Morgan fingerprint density at radius 1 is 1.03 bits per heavy atom. The van der Waals surface area contributed by atoms with E-state index < -0.39 is 11.9 Å². The molecule has 0 aromatic heterocycles. The number of Topliss-reactive ketones (excluding diaryl/α,β-unsaturated/α-hetero) is 2. The van der Waals surface area contributed by atoms with Crippen molar-refractivity contribution in [1.82, 2.24) is 4.90 Å². The Morgan fingerprint density at radius 3 is 2.16 bits per heavy atom. The Kier molecular flexibility index (Phi) is 5.85. The van der Waals surface area contributed by atoms with Crippen molar-refractivity contribution in [2.24, 2.45) is 0 Å². The second kappa shape index (κ2) is 8.57. The van der Waals surface area contributed by atoms with E-state index in [1.807, 2.05) is 19.1 Å². The smallest absolute Gasteiger partial charge is 0.161 e. The van der Waals surface area contributed by atoms with Crippen molar-refractivity contribution in [3.05, 3.63) is 46.3 Å². The van der Waals surface area contributed by atoms with Gasteiger partial charge in [-0.15, -0.1) is 0 Å². The average Bonchev–Trinajstić information content (AvgIpc) is 2.74. The number of hydrogen-bond donors (Lipinski definition) is 0. The number of ether oxygens (including phenoxy) is 2. The SMILES string of the molecule is CCOc1cc(C2C3=C(CCCC3=O)N(CC(=O)[O-])C3=C2C(=O)CCC3)ccc1OC. The number of rotatable bonds is 6. The van der Waals surface area contributed by atoms with Gasteiger partial charge in [0, 0.05) is 41.3 Å². The van der Waals surface area contributed by atoms with Crippen LogP contribution in [0.25, 0.3) is 0 Å². The summed E-state index contributed by atoms with van der Waals surface area (Å²) < 4.78 is 11.1. The first-order valence-electron chi connectivity index (χ1n) is 10.8. The van der Waals surface area contributed by atoms with Crippen LogP contribution in [0.4, 0.5) is 0 Å². The molecule has 164 valence electrons. The molecular formula is C24H26NO6-. The third-order valence-electron chi connectivity index (χ3n) is 6.19. The van der Waals surface area contributed by atoms with Crippen LogP contribution in [-0.4, -0.2) is 42.7 Å². The Balaban J connectivity index is 1.94. The fraction of sp³-hybridized carbons (Fsp3) is 0.458. The van der Waals surface area contributed by atoms with Crippen molar-refractivity contribution < 1.29 is 29.0 Å². The largest absolute Gasteiger partial charge is 0.548 e. The second-order valence-corrected chi connectivity index (χ2v) is 8.01. The normalized spacial score (nSPS) is 19.4. The lowest BCUT2D eigenvalue weighted by atomic mass is 9.71. The predicted octanol–water partition coefficient (Wildman–Crippen LogP) is 2.26. The lowest BCUT2D eigenvalue weighted by molar-refractivity contribution is -0.305. The van der Waals surface area contributed by atoms with Gasteiger partial charge in [0.15, 0.2) is 23.1 Å². The fourth-order valence-electron chi connectivity index (χ4n) is 5.01. The van der Waals surface area contributed by atoms with Gasteiger partial charge in [-0.25, -0.2) is 0 Å². The molecule has 7 nitrogen and oxygen atoms in total. The molecule has 0 bridgehead atoms. The van der Waals surface area contributed by atoms with Gasteiger partial charge in [-0.1, -0.05) is 6.07 Å². The summed E-state index contributed by atoms with van der Waals surface area (Å²) in [5.41, 5.74) is 3.28. The van der Waals surface area contributed by atoms with Crippen LogP contribution in [0, 0.1) is 0 Å². The summed E-state index contributed by atoms with van der Waals surface area (Å²) >= 11 is 0. The molecule has 1 aromatic rings. The zero-order valence-corrected chi connectivity index (χ0v) is 17.9. The standard InChI is InChI=1S/C24H27NO6/c1-3-31-20-12-14(10-11-19(20)30-2)22-23-15(6-4-8-17(23)26)25(13-21(28)29)16-7-5-9-18(27)24(16)22/h10-12,22H,3-9,13H2,1-2H3,(H,28,29)/p-1. The van der Waals surface area contributed by atoms with Crippen LogP contribution in [0.15, 0.2) is 40.7 Å². The minimum Gasteiger partial charge on any atom is -0.548 e. The average molecular weight is 424 g/mol. The van der Waals surface area contributed by atoms with Gasteiger partial charge in [-0.2, -0.15) is 0 Å². The van der Waals surface area contributed by atoms with Crippen LogP contribution in [0.1, 0.15) is 56.9 Å². The molecule has 0 fully saturated rings. The Labute approximate surface area is 181 Å². The van der Waals surface area contributed by atoms with Gasteiger partial charge in [0.2, 0.25) is 0 Å². The Bertz CT molecular complexity index is 961. The van der Waals surface area contributed by atoms with Crippen molar-refractivity contribution in [3.63, 3.8) is 0 Å². The van der Waals surface area contributed by atoms with E-state index >= 15 is 0 Å². The maximum Gasteiger partial charge on any atom is 0.161 e. The quantitative estimate of drug-likeness (QED) is 0.691. The zero-order valence-electron chi connectivity index (χ0n) is 17.9. The van der Waals surface area contributed by atoms with Gasteiger partial charge in [0.1, 0.15) is 0 Å². The summed E-state index contributed by atoms with van der Waals surface area (Å²) in [7, 11) is 1.56. The number of methoxy groups -OCH3 is 1. The molecule has 0 N–H and O–H groups in total.